The number of likely N-dealkylation sites (tertiary alicyclic amines) is 1. The van der Waals surface area contributed by atoms with E-state index in [-0.39, 0.29) is 6.09 Å². The van der Waals surface area contributed by atoms with E-state index in [0.29, 0.717) is 5.92 Å². The van der Waals surface area contributed by atoms with Crippen molar-refractivity contribution >= 4 is 34.8 Å². The lowest BCUT2D eigenvalue weighted by Crippen LogP contribution is -2.41. The number of hydrogen-bond donors (Lipinski definition) is 0. The second-order valence-corrected chi connectivity index (χ2v) is 7.96. The minimum absolute atomic E-state index is 0.187. The minimum atomic E-state index is -0.418. The fraction of sp³-hybridized carbons (Fsp3) is 0.500. The van der Waals surface area contributed by atoms with E-state index in [1.807, 2.05) is 25.7 Å². The Hall–Kier alpha value is -1.04. The van der Waals surface area contributed by atoms with Gasteiger partial charge in [0, 0.05) is 16.7 Å². The predicted molar refractivity (Wildman–Crippen MR) is 98.7 cm³/mol. The van der Waals surface area contributed by atoms with Crippen molar-refractivity contribution in [2.45, 2.75) is 39.2 Å². The molecule has 2 rings (SSSR count). The van der Waals surface area contributed by atoms with Crippen LogP contribution in [0.25, 0.3) is 6.08 Å². The molecule has 0 saturated carbocycles. The van der Waals surface area contributed by atoms with Crippen molar-refractivity contribution in [2.24, 2.45) is 5.92 Å². The fourth-order valence-corrected chi connectivity index (χ4v) is 2.78. The van der Waals surface area contributed by atoms with Crippen LogP contribution in [0.15, 0.2) is 30.3 Å². The molecule has 0 bridgehead atoms. The summed E-state index contributed by atoms with van der Waals surface area (Å²) in [7, 11) is 0. The Labute approximate surface area is 146 Å². The van der Waals surface area contributed by atoms with E-state index in [1.165, 1.54) is 9.13 Å². The quantitative estimate of drug-likeness (QED) is 0.642. The Morgan fingerprint density at radius 1 is 1.23 bits per heavy atom. The summed E-state index contributed by atoms with van der Waals surface area (Å²) in [5, 5.41) is 0. The van der Waals surface area contributed by atoms with Gasteiger partial charge in [-0.25, -0.2) is 4.79 Å². The van der Waals surface area contributed by atoms with Crippen molar-refractivity contribution in [1.82, 2.24) is 4.90 Å². The number of rotatable bonds is 2. The molecule has 3 nitrogen and oxygen atoms in total. The van der Waals surface area contributed by atoms with Gasteiger partial charge < -0.3 is 9.64 Å². The lowest BCUT2D eigenvalue weighted by Gasteiger charge is -2.32. The Balaban J connectivity index is 1.82. The third kappa shape index (κ3) is 5.63. The lowest BCUT2D eigenvalue weighted by molar-refractivity contribution is 0.0197. The highest BCUT2D eigenvalue weighted by Crippen LogP contribution is 2.21. The molecule has 0 aromatic heterocycles. The summed E-state index contributed by atoms with van der Waals surface area (Å²) >= 11 is 2.31. The van der Waals surface area contributed by atoms with E-state index in [4.69, 9.17) is 4.74 Å². The highest BCUT2D eigenvalue weighted by Gasteiger charge is 2.25. The van der Waals surface area contributed by atoms with Crippen LogP contribution in [0, 0.1) is 9.49 Å². The van der Waals surface area contributed by atoms with Gasteiger partial charge in [-0.1, -0.05) is 24.3 Å². The number of amides is 1. The van der Waals surface area contributed by atoms with Crippen molar-refractivity contribution in [3.05, 3.63) is 39.5 Å². The first-order valence-electron chi connectivity index (χ1n) is 7.75. The first-order valence-corrected chi connectivity index (χ1v) is 8.83. The number of nitrogens with zero attached hydrogens (tertiary/aromatic N) is 1. The van der Waals surface area contributed by atoms with Crippen molar-refractivity contribution in [3.63, 3.8) is 0 Å². The van der Waals surface area contributed by atoms with Gasteiger partial charge in [0.25, 0.3) is 0 Å². The minimum Gasteiger partial charge on any atom is -0.444 e. The molecule has 1 aromatic rings. The van der Waals surface area contributed by atoms with Crippen LogP contribution in [0.1, 0.15) is 39.2 Å². The summed E-state index contributed by atoms with van der Waals surface area (Å²) in [6.45, 7) is 7.26. The number of allylic oxidation sites excluding steroid dienone is 1. The monoisotopic (exact) mass is 413 g/mol. The van der Waals surface area contributed by atoms with Gasteiger partial charge in [0.1, 0.15) is 5.60 Å². The van der Waals surface area contributed by atoms with Gasteiger partial charge in [0.2, 0.25) is 0 Å². The third-order valence-corrected chi connectivity index (χ3v) is 4.34. The van der Waals surface area contributed by atoms with Gasteiger partial charge >= 0.3 is 6.09 Å². The number of carbonyl (C=O) groups excluding carboxylic acids is 1. The molecule has 0 N–H and O–H groups in total. The molecule has 0 atom stereocenters. The normalized spacial score (nSPS) is 17.0. The summed E-state index contributed by atoms with van der Waals surface area (Å²) in [6.07, 6.45) is 6.27. The SMILES string of the molecule is CC(C)(C)OC(=O)N1CCC(/C=C/c2ccc(I)cc2)CC1. The van der Waals surface area contributed by atoms with Crippen LogP contribution in [0.2, 0.25) is 0 Å². The number of carbonyl (C=O) groups is 1. The van der Waals surface area contributed by atoms with E-state index in [1.54, 1.807) is 0 Å². The second kappa shape index (κ2) is 7.49. The number of halogens is 1. The maximum atomic E-state index is 12.0. The van der Waals surface area contributed by atoms with Gasteiger partial charge in [0.15, 0.2) is 0 Å². The van der Waals surface area contributed by atoms with E-state index in [9.17, 15) is 4.79 Å². The molecular weight excluding hydrogens is 389 g/mol. The number of benzene rings is 1. The van der Waals surface area contributed by atoms with E-state index < -0.39 is 5.60 Å². The number of ether oxygens (including phenoxy) is 1. The van der Waals surface area contributed by atoms with E-state index in [0.717, 1.165) is 25.9 Å². The summed E-state index contributed by atoms with van der Waals surface area (Å²) in [5.41, 5.74) is 0.813. The van der Waals surface area contributed by atoms with Crippen molar-refractivity contribution in [2.75, 3.05) is 13.1 Å². The molecule has 22 heavy (non-hydrogen) atoms. The summed E-state index contributed by atoms with van der Waals surface area (Å²) < 4.78 is 6.67. The average Bonchev–Trinajstić information content (AvgIpc) is 2.45. The Morgan fingerprint density at radius 2 is 1.82 bits per heavy atom. The van der Waals surface area contributed by atoms with Crippen LogP contribution >= 0.6 is 22.6 Å². The highest BCUT2D eigenvalue weighted by molar-refractivity contribution is 14.1. The topological polar surface area (TPSA) is 29.5 Å². The molecule has 1 saturated heterocycles. The molecule has 0 unspecified atom stereocenters. The maximum Gasteiger partial charge on any atom is 0.410 e. The molecule has 1 aromatic carbocycles. The van der Waals surface area contributed by atoms with Crippen LogP contribution in [-0.4, -0.2) is 29.7 Å². The molecule has 0 spiro atoms. The highest BCUT2D eigenvalue weighted by atomic mass is 127. The summed E-state index contributed by atoms with van der Waals surface area (Å²) in [6, 6.07) is 8.50. The van der Waals surface area contributed by atoms with Gasteiger partial charge in [-0.05, 0) is 79.8 Å². The molecule has 1 aliphatic heterocycles. The van der Waals surface area contributed by atoms with Crippen LogP contribution < -0.4 is 0 Å². The zero-order valence-electron chi connectivity index (χ0n) is 13.5. The third-order valence-electron chi connectivity index (χ3n) is 3.62. The molecule has 0 aliphatic carbocycles. The van der Waals surface area contributed by atoms with Gasteiger partial charge in [-0.3, -0.25) is 0 Å². The molecule has 120 valence electrons. The van der Waals surface area contributed by atoms with Crippen molar-refractivity contribution in [3.8, 4) is 0 Å². The largest absolute Gasteiger partial charge is 0.444 e. The van der Waals surface area contributed by atoms with E-state index >= 15 is 0 Å². The van der Waals surface area contributed by atoms with Crippen molar-refractivity contribution in [1.29, 1.82) is 0 Å². The number of hydrogen-bond acceptors (Lipinski definition) is 2. The van der Waals surface area contributed by atoms with E-state index in [2.05, 4.69) is 59.0 Å². The average molecular weight is 413 g/mol. The Morgan fingerprint density at radius 3 is 2.36 bits per heavy atom. The fourth-order valence-electron chi connectivity index (χ4n) is 2.42. The Kier molecular flexibility index (Phi) is 5.89. The predicted octanol–water partition coefficient (Wildman–Crippen LogP) is 4.95. The molecular formula is C18H24INO2. The van der Waals surface area contributed by atoms with Crippen molar-refractivity contribution < 1.29 is 9.53 Å². The standard InChI is InChI=1S/C18H24INO2/c1-18(2,3)22-17(21)20-12-10-15(11-13-20)5-4-14-6-8-16(19)9-7-14/h4-9,15H,10-13H2,1-3H3/b5-4+. The maximum absolute atomic E-state index is 12.0. The second-order valence-electron chi connectivity index (χ2n) is 6.72. The smallest absolute Gasteiger partial charge is 0.410 e. The summed E-state index contributed by atoms with van der Waals surface area (Å²) in [5.74, 6) is 0.540. The summed E-state index contributed by atoms with van der Waals surface area (Å²) in [4.78, 5) is 13.8. The molecule has 0 radical (unpaired) electrons. The van der Waals surface area contributed by atoms with Gasteiger partial charge in [-0.2, -0.15) is 0 Å². The Bertz CT molecular complexity index is 523. The lowest BCUT2D eigenvalue weighted by atomic mass is 9.96. The molecule has 1 heterocycles. The zero-order chi connectivity index (χ0) is 16.2. The van der Waals surface area contributed by atoms with Gasteiger partial charge in [0.05, 0.1) is 0 Å². The molecule has 1 amide bonds. The first-order chi connectivity index (χ1) is 10.3. The van der Waals surface area contributed by atoms with Crippen LogP contribution in [0.3, 0.4) is 0 Å². The van der Waals surface area contributed by atoms with Crippen LogP contribution in [0.4, 0.5) is 4.79 Å². The molecule has 1 fully saturated rings. The molecule has 4 heteroatoms. The first kappa shape index (κ1) is 17.3. The number of piperidine rings is 1. The van der Waals surface area contributed by atoms with Gasteiger partial charge in [-0.15, -0.1) is 0 Å². The van der Waals surface area contributed by atoms with Crippen LogP contribution in [-0.2, 0) is 4.74 Å². The zero-order valence-corrected chi connectivity index (χ0v) is 15.7. The molecule has 1 aliphatic rings. The van der Waals surface area contributed by atoms with Crippen LogP contribution in [0.5, 0.6) is 0 Å².